The van der Waals surface area contributed by atoms with Gasteiger partial charge in [-0.15, -0.1) is 0 Å². The van der Waals surface area contributed by atoms with Crippen molar-refractivity contribution in [3.8, 4) is 0 Å². The SMILES string of the molecule is CC(CC(=O)C(C)NC(=O)C(C)CC(=O)CCS)C(=O)NCCN.O=C=O.O=C=O.O=C=O. The summed E-state index contributed by atoms with van der Waals surface area (Å²) in [5.41, 5.74) is 5.31. The fourth-order valence-electron chi connectivity index (χ4n) is 2.04. The molecule has 186 valence electrons. The van der Waals surface area contributed by atoms with Crippen molar-refractivity contribution in [2.75, 3.05) is 18.8 Å². The van der Waals surface area contributed by atoms with Crippen LogP contribution in [0.4, 0.5) is 0 Å². The lowest BCUT2D eigenvalue weighted by Gasteiger charge is -2.18. The molecule has 14 heteroatoms. The van der Waals surface area contributed by atoms with E-state index >= 15 is 0 Å². The van der Waals surface area contributed by atoms with E-state index in [0.29, 0.717) is 25.3 Å². The minimum absolute atomic E-state index is 0.0307. The van der Waals surface area contributed by atoms with Crippen LogP contribution in [0.2, 0.25) is 0 Å². The highest BCUT2D eigenvalue weighted by Gasteiger charge is 2.24. The standard InChI is InChI=1S/C16H29N3O4S.3CO2/c1-10(8-13(20)4-7-24)16(23)19-12(3)14(21)9-11(2)15(22)18-6-5-17;3*2-1-3/h10-12,24H,4-9,17H2,1-3H3,(H,18,22)(H,19,23);;;. The molecule has 2 amide bonds. The first-order valence-electron chi connectivity index (χ1n) is 9.38. The number of carbonyl (C=O) groups is 4. The molecule has 0 saturated heterocycles. The van der Waals surface area contributed by atoms with E-state index in [9.17, 15) is 19.2 Å². The van der Waals surface area contributed by atoms with Crippen LogP contribution in [-0.4, -0.2) is 66.7 Å². The van der Waals surface area contributed by atoms with Gasteiger partial charge >= 0.3 is 18.5 Å². The van der Waals surface area contributed by atoms with E-state index in [2.05, 4.69) is 23.3 Å². The Balaban J connectivity index is -0.000000400. The minimum Gasteiger partial charge on any atom is -0.355 e. The second-order valence-electron chi connectivity index (χ2n) is 6.25. The van der Waals surface area contributed by atoms with E-state index in [4.69, 9.17) is 34.5 Å². The predicted octanol–water partition coefficient (Wildman–Crippen LogP) is -1.67. The number of ketones is 2. The summed E-state index contributed by atoms with van der Waals surface area (Å²) in [5, 5.41) is 5.22. The van der Waals surface area contributed by atoms with E-state index in [0.717, 1.165) is 0 Å². The van der Waals surface area contributed by atoms with Gasteiger partial charge in [-0.1, -0.05) is 13.8 Å². The van der Waals surface area contributed by atoms with Crippen molar-refractivity contribution in [2.45, 2.75) is 46.1 Å². The molecule has 0 saturated carbocycles. The number of nitrogens with two attached hydrogens (primary N) is 1. The van der Waals surface area contributed by atoms with Gasteiger partial charge in [0.05, 0.1) is 6.04 Å². The van der Waals surface area contributed by atoms with Crippen LogP contribution in [-0.2, 0) is 47.9 Å². The summed E-state index contributed by atoms with van der Waals surface area (Å²) in [4.78, 5) is 96.2. The molecule has 0 aromatic rings. The molecule has 3 unspecified atom stereocenters. The van der Waals surface area contributed by atoms with Crippen molar-refractivity contribution in [1.82, 2.24) is 10.6 Å². The lowest BCUT2D eigenvalue weighted by Crippen LogP contribution is -2.43. The first kappa shape index (κ1) is 37.1. The Morgan fingerprint density at radius 3 is 1.64 bits per heavy atom. The van der Waals surface area contributed by atoms with Gasteiger partial charge in [0.25, 0.3) is 0 Å². The van der Waals surface area contributed by atoms with Crippen LogP contribution in [0.1, 0.15) is 40.0 Å². The summed E-state index contributed by atoms with van der Waals surface area (Å²) in [7, 11) is 0. The Morgan fingerprint density at radius 1 is 0.818 bits per heavy atom. The number of hydrogen-bond donors (Lipinski definition) is 4. The van der Waals surface area contributed by atoms with E-state index in [1.54, 1.807) is 20.8 Å². The third-order valence-corrected chi connectivity index (χ3v) is 3.84. The van der Waals surface area contributed by atoms with Crippen molar-refractivity contribution < 1.29 is 47.9 Å². The molecule has 0 aromatic heterocycles. The van der Waals surface area contributed by atoms with Crippen LogP contribution in [0.5, 0.6) is 0 Å². The highest BCUT2D eigenvalue weighted by atomic mass is 32.1. The number of Topliss-reactive ketones (excluding diaryl/α,β-unsaturated/α-hetero) is 2. The number of amides is 2. The molecule has 0 heterocycles. The van der Waals surface area contributed by atoms with Crippen LogP contribution in [0.15, 0.2) is 0 Å². The summed E-state index contributed by atoms with van der Waals surface area (Å²) in [6.07, 6.45) is 1.24. The molecule has 4 N–H and O–H groups in total. The van der Waals surface area contributed by atoms with E-state index in [1.165, 1.54) is 0 Å². The fourth-order valence-corrected chi connectivity index (χ4v) is 2.29. The van der Waals surface area contributed by atoms with E-state index in [1.807, 2.05) is 0 Å². The predicted molar refractivity (Wildman–Crippen MR) is 111 cm³/mol. The summed E-state index contributed by atoms with van der Waals surface area (Å²) in [5.74, 6) is -1.38. The minimum atomic E-state index is -0.704. The lowest BCUT2D eigenvalue weighted by atomic mass is 9.98. The topological polar surface area (TPSA) is 221 Å². The first-order valence-corrected chi connectivity index (χ1v) is 10.0. The normalized spacial score (nSPS) is 11.2. The van der Waals surface area contributed by atoms with E-state index in [-0.39, 0.29) is 54.7 Å². The average Bonchev–Trinajstić information content (AvgIpc) is 2.73. The molecule has 0 rings (SSSR count). The Kier molecular flexibility index (Phi) is 30.1. The van der Waals surface area contributed by atoms with Crippen molar-refractivity contribution >= 4 is 54.5 Å². The van der Waals surface area contributed by atoms with Crippen molar-refractivity contribution in [3.63, 3.8) is 0 Å². The van der Waals surface area contributed by atoms with Crippen LogP contribution < -0.4 is 16.4 Å². The van der Waals surface area contributed by atoms with Crippen LogP contribution in [0.3, 0.4) is 0 Å². The maximum atomic E-state index is 12.1. The molecule has 0 bridgehead atoms. The third kappa shape index (κ3) is 26.7. The molecule has 0 aliphatic heterocycles. The number of rotatable bonds is 12. The summed E-state index contributed by atoms with van der Waals surface area (Å²) in [6.45, 7) is 5.57. The molecule has 33 heavy (non-hydrogen) atoms. The van der Waals surface area contributed by atoms with Gasteiger partial charge in [0, 0.05) is 44.2 Å². The zero-order chi connectivity index (χ0) is 26.8. The van der Waals surface area contributed by atoms with Gasteiger partial charge in [-0.05, 0) is 12.7 Å². The third-order valence-electron chi connectivity index (χ3n) is 3.61. The van der Waals surface area contributed by atoms with Crippen LogP contribution >= 0.6 is 12.6 Å². The first-order chi connectivity index (χ1) is 15.5. The van der Waals surface area contributed by atoms with Gasteiger partial charge < -0.3 is 16.4 Å². The van der Waals surface area contributed by atoms with Crippen molar-refractivity contribution in [1.29, 1.82) is 0 Å². The molecule has 0 aromatic carbocycles. The Labute approximate surface area is 196 Å². The smallest absolute Gasteiger partial charge is 0.355 e. The molecule has 0 spiro atoms. The summed E-state index contributed by atoms with van der Waals surface area (Å²) in [6, 6.07) is -0.704. The number of nitrogens with one attached hydrogen (secondary N) is 2. The molecule has 0 aliphatic carbocycles. The fraction of sp³-hybridized carbons (Fsp3) is 0.632. The van der Waals surface area contributed by atoms with Gasteiger partial charge in [-0.3, -0.25) is 19.2 Å². The quantitative estimate of drug-likeness (QED) is 0.226. The monoisotopic (exact) mass is 491 g/mol. The van der Waals surface area contributed by atoms with Gasteiger partial charge in [-0.2, -0.15) is 41.4 Å². The maximum Gasteiger partial charge on any atom is 0.373 e. The maximum absolute atomic E-state index is 12.1. The van der Waals surface area contributed by atoms with Gasteiger partial charge in [0.1, 0.15) is 5.78 Å². The number of thiol groups is 1. The summed E-state index contributed by atoms with van der Waals surface area (Å²) >= 11 is 3.98. The average molecular weight is 492 g/mol. The Bertz CT molecular complexity index is 667. The highest BCUT2D eigenvalue weighted by molar-refractivity contribution is 7.80. The largest absolute Gasteiger partial charge is 0.373 e. The van der Waals surface area contributed by atoms with Crippen molar-refractivity contribution in [3.05, 3.63) is 0 Å². The Morgan fingerprint density at radius 2 is 1.24 bits per heavy atom. The van der Waals surface area contributed by atoms with Crippen molar-refractivity contribution in [2.24, 2.45) is 17.6 Å². The number of carbonyl (C=O) groups excluding carboxylic acids is 10. The molecule has 3 atom stereocenters. The zero-order valence-corrected chi connectivity index (χ0v) is 19.5. The number of hydrogen-bond acceptors (Lipinski definition) is 12. The highest BCUT2D eigenvalue weighted by Crippen LogP contribution is 2.08. The molecule has 0 aliphatic rings. The van der Waals surface area contributed by atoms with E-state index < -0.39 is 17.9 Å². The van der Waals surface area contributed by atoms with Gasteiger partial charge in [0.2, 0.25) is 11.8 Å². The molecule has 0 radical (unpaired) electrons. The zero-order valence-electron chi connectivity index (χ0n) is 18.6. The van der Waals surface area contributed by atoms with Crippen LogP contribution in [0, 0.1) is 11.8 Å². The van der Waals surface area contributed by atoms with Gasteiger partial charge in [-0.25, -0.2) is 0 Å². The second-order valence-corrected chi connectivity index (χ2v) is 6.70. The second kappa shape index (κ2) is 26.8. The Hall–Kier alpha value is -3.27. The molecular weight excluding hydrogens is 462 g/mol. The van der Waals surface area contributed by atoms with Crippen LogP contribution in [0.25, 0.3) is 0 Å². The molecule has 13 nitrogen and oxygen atoms in total. The molecule has 0 fully saturated rings. The molecular formula is C19H29N3O10S. The summed E-state index contributed by atoms with van der Waals surface area (Å²) < 4.78 is 0. The van der Waals surface area contributed by atoms with Gasteiger partial charge in [0.15, 0.2) is 5.78 Å². The lowest BCUT2D eigenvalue weighted by molar-refractivity contribution is -0.193.